The van der Waals surface area contributed by atoms with Crippen LogP contribution in [0.4, 0.5) is 0 Å². The number of rotatable bonds is 6. The minimum absolute atomic E-state index is 0.00820. The number of hydrogen-bond acceptors (Lipinski definition) is 5. The van der Waals surface area contributed by atoms with Gasteiger partial charge in [-0.1, -0.05) is 12.1 Å². The Labute approximate surface area is 99.0 Å². The highest BCUT2D eigenvalue weighted by atomic mass is 32.2. The van der Waals surface area contributed by atoms with Gasteiger partial charge in [0, 0.05) is 19.4 Å². The van der Waals surface area contributed by atoms with Gasteiger partial charge in [-0.3, -0.25) is 0 Å². The maximum absolute atomic E-state index is 11.7. The number of oxime groups is 1. The van der Waals surface area contributed by atoms with Crippen molar-refractivity contribution in [2.45, 2.75) is 24.8 Å². The normalized spacial score (nSPS) is 12.9. The average Bonchev–Trinajstić information content (AvgIpc) is 2.77. The van der Waals surface area contributed by atoms with E-state index in [1.807, 2.05) is 6.92 Å². The van der Waals surface area contributed by atoms with E-state index in [0.29, 0.717) is 12.2 Å². The number of amidine groups is 1. The second-order valence-electron chi connectivity index (χ2n) is 3.29. The van der Waals surface area contributed by atoms with Gasteiger partial charge in [-0.25, -0.2) is 18.1 Å². The van der Waals surface area contributed by atoms with Gasteiger partial charge < -0.3 is 15.9 Å². The molecule has 0 saturated carbocycles. The molecule has 0 unspecified atom stereocenters. The van der Waals surface area contributed by atoms with Gasteiger partial charge in [0.1, 0.15) is 11.7 Å². The van der Waals surface area contributed by atoms with Crippen molar-refractivity contribution in [1.82, 2.24) is 14.7 Å². The first-order valence-electron chi connectivity index (χ1n) is 4.99. The number of nitrogens with two attached hydrogens (primary N) is 1. The lowest BCUT2D eigenvalue weighted by Gasteiger charge is -2.03. The predicted molar refractivity (Wildman–Crippen MR) is 61.2 cm³/mol. The Morgan fingerprint density at radius 1 is 1.71 bits per heavy atom. The van der Waals surface area contributed by atoms with Crippen LogP contribution in [-0.4, -0.2) is 36.0 Å². The van der Waals surface area contributed by atoms with Gasteiger partial charge in [0.15, 0.2) is 5.03 Å². The first kappa shape index (κ1) is 13.5. The molecule has 0 bridgehead atoms. The molecule has 0 aliphatic carbocycles. The van der Waals surface area contributed by atoms with Gasteiger partial charge in [-0.05, 0) is 0 Å². The van der Waals surface area contributed by atoms with E-state index in [2.05, 4.69) is 19.8 Å². The topological polar surface area (TPSA) is 133 Å². The van der Waals surface area contributed by atoms with E-state index in [1.165, 1.54) is 6.20 Å². The zero-order valence-corrected chi connectivity index (χ0v) is 10.2. The molecule has 9 heteroatoms. The van der Waals surface area contributed by atoms with Crippen LogP contribution in [0, 0.1) is 0 Å². The summed E-state index contributed by atoms with van der Waals surface area (Å²) in [6, 6.07) is 0. The third-order valence-corrected chi connectivity index (χ3v) is 3.40. The minimum atomic E-state index is -3.61. The maximum Gasteiger partial charge on any atom is 0.257 e. The standard InChI is InChI=1S/C8H15N5O3S/c1-2-7-10-5-8(12-7)17(15,16)11-4-3-6(9)13-14/h5,11,14H,2-4H2,1H3,(H2,9,13)(H,10,12). The molecule has 8 nitrogen and oxygen atoms in total. The molecule has 96 valence electrons. The zero-order chi connectivity index (χ0) is 12.9. The van der Waals surface area contributed by atoms with Crippen molar-refractivity contribution in [3.63, 3.8) is 0 Å². The lowest BCUT2D eigenvalue weighted by atomic mass is 10.4. The number of H-pyrrole nitrogens is 1. The van der Waals surface area contributed by atoms with Gasteiger partial charge in [-0.15, -0.1) is 0 Å². The molecule has 1 aromatic heterocycles. The van der Waals surface area contributed by atoms with Crippen LogP contribution >= 0.6 is 0 Å². The van der Waals surface area contributed by atoms with E-state index >= 15 is 0 Å². The van der Waals surface area contributed by atoms with Gasteiger partial charge in [0.05, 0.1) is 6.20 Å². The summed E-state index contributed by atoms with van der Waals surface area (Å²) in [5.41, 5.74) is 5.21. The van der Waals surface area contributed by atoms with Crippen molar-refractivity contribution >= 4 is 15.9 Å². The molecule has 0 aromatic carbocycles. The number of aromatic amines is 1. The van der Waals surface area contributed by atoms with Crippen LogP contribution in [-0.2, 0) is 16.4 Å². The van der Waals surface area contributed by atoms with Gasteiger partial charge in [-0.2, -0.15) is 0 Å². The van der Waals surface area contributed by atoms with Crippen LogP contribution in [0.2, 0.25) is 0 Å². The van der Waals surface area contributed by atoms with Crippen molar-refractivity contribution < 1.29 is 13.6 Å². The average molecular weight is 261 g/mol. The molecule has 0 aliphatic heterocycles. The fourth-order valence-electron chi connectivity index (χ4n) is 1.10. The summed E-state index contributed by atoms with van der Waals surface area (Å²) in [6.45, 7) is 1.92. The van der Waals surface area contributed by atoms with E-state index in [4.69, 9.17) is 10.9 Å². The quantitative estimate of drug-likeness (QED) is 0.234. The van der Waals surface area contributed by atoms with Crippen LogP contribution in [0.3, 0.4) is 0 Å². The van der Waals surface area contributed by atoms with Gasteiger partial charge in [0.25, 0.3) is 10.0 Å². The van der Waals surface area contributed by atoms with Crippen molar-refractivity contribution in [1.29, 1.82) is 0 Å². The lowest BCUT2D eigenvalue weighted by molar-refractivity contribution is 0.317. The van der Waals surface area contributed by atoms with Crippen LogP contribution in [0.25, 0.3) is 0 Å². The Morgan fingerprint density at radius 2 is 2.41 bits per heavy atom. The molecule has 0 fully saturated rings. The number of aryl methyl sites for hydroxylation is 1. The van der Waals surface area contributed by atoms with Gasteiger partial charge in [0.2, 0.25) is 0 Å². The SMILES string of the molecule is CCc1ncc(S(=O)(=O)NCCC(N)=NO)[nH]1. The monoisotopic (exact) mass is 261 g/mol. The number of nitrogens with zero attached hydrogens (tertiary/aromatic N) is 2. The summed E-state index contributed by atoms with van der Waals surface area (Å²) in [5.74, 6) is 0.563. The summed E-state index contributed by atoms with van der Waals surface area (Å²) < 4.78 is 25.7. The fourth-order valence-corrected chi connectivity index (χ4v) is 2.07. The first-order chi connectivity index (χ1) is 7.99. The van der Waals surface area contributed by atoms with Crippen molar-refractivity contribution in [3.8, 4) is 0 Å². The summed E-state index contributed by atoms with van der Waals surface area (Å²) in [6.07, 6.45) is 2.01. The van der Waals surface area contributed by atoms with Crippen molar-refractivity contribution in [2.75, 3.05) is 6.54 Å². The molecule has 0 radical (unpaired) electrons. The molecular weight excluding hydrogens is 246 g/mol. The molecule has 1 aromatic rings. The Bertz CT molecular complexity index is 493. The third-order valence-electron chi connectivity index (χ3n) is 2.03. The number of aromatic nitrogens is 2. The minimum Gasteiger partial charge on any atom is -0.409 e. The first-order valence-corrected chi connectivity index (χ1v) is 6.48. The Morgan fingerprint density at radius 3 is 2.94 bits per heavy atom. The van der Waals surface area contributed by atoms with Crippen LogP contribution in [0.1, 0.15) is 19.2 Å². The highest BCUT2D eigenvalue weighted by Gasteiger charge is 2.16. The molecule has 0 spiro atoms. The molecular formula is C8H15N5O3S. The smallest absolute Gasteiger partial charge is 0.257 e. The van der Waals surface area contributed by atoms with Crippen molar-refractivity contribution in [3.05, 3.63) is 12.0 Å². The number of nitrogens with one attached hydrogen (secondary N) is 2. The Hall–Kier alpha value is -1.61. The second-order valence-corrected chi connectivity index (χ2v) is 5.02. The van der Waals surface area contributed by atoms with E-state index in [-0.39, 0.29) is 23.8 Å². The summed E-state index contributed by atoms with van der Waals surface area (Å²) in [7, 11) is -3.61. The van der Waals surface area contributed by atoms with Gasteiger partial charge >= 0.3 is 0 Å². The second kappa shape index (κ2) is 5.64. The summed E-state index contributed by atoms with van der Waals surface area (Å²) >= 11 is 0. The molecule has 17 heavy (non-hydrogen) atoms. The maximum atomic E-state index is 11.7. The molecule has 0 atom stereocenters. The molecule has 5 N–H and O–H groups in total. The largest absolute Gasteiger partial charge is 0.409 e. The Balaban J connectivity index is 2.63. The van der Waals surface area contributed by atoms with Crippen LogP contribution < -0.4 is 10.5 Å². The van der Waals surface area contributed by atoms with E-state index in [0.717, 1.165) is 0 Å². The van der Waals surface area contributed by atoms with Crippen LogP contribution in [0.5, 0.6) is 0 Å². The summed E-state index contributed by atoms with van der Waals surface area (Å²) in [4.78, 5) is 6.58. The molecule has 1 heterocycles. The lowest BCUT2D eigenvalue weighted by Crippen LogP contribution is -2.28. The third kappa shape index (κ3) is 3.71. The number of sulfonamides is 1. The molecule has 0 saturated heterocycles. The van der Waals surface area contributed by atoms with E-state index in [9.17, 15) is 8.42 Å². The Kier molecular flexibility index (Phi) is 4.46. The van der Waals surface area contributed by atoms with Crippen molar-refractivity contribution in [2.24, 2.45) is 10.9 Å². The predicted octanol–water partition coefficient (Wildman–Crippen LogP) is -0.613. The van der Waals surface area contributed by atoms with E-state index in [1.54, 1.807) is 0 Å². The number of imidazole rings is 1. The van der Waals surface area contributed by atoms with E-state index < -0.39 is 10.0 Å². The molecule has 0 aliphatic rings. The fraction of sp³-hybridized carbons (Fsp3) is 0.500. The highest BCUT2D eigenvalue weighted by Crippen LogP contribution is 2.05. The molecule has 0 amide bonds. The number of hydrogen-bond donors (Lipinski definition) is 4. The zero-order valence-electron chi connectivity index (χ0n) is 9.34. The van der Waals surface area contributed by atoms with Crippen LogP contribution in [0.15, 0.2) is 16.4 Å². The highest BCUT2D eigenvalue weighted by molar-refractivity contribution is 7.89. The summed E-state index contributed by atoms with van der Waals surface area (Å²) in [5, 5.41) is 11.0. The molecule has 1 rings (SSSR count).